The summed E-state index contributed by atoms with van der Waals surface area (Å²) in [6.07, 6.45) is 1.64. The van der Waals surface area contributed by atoms with Crippen molar-refractivity contribution in [1.82, 2.24) is 15.1 Å². The molecule has 5 amide bonds. The van der Waals surface area contributed by atoms with Crippen LogP contribution in [-0.2, 0) is 30.5 Å². The van der Waals surface area contributed by atoms with E-state index < -0.39 is 41.9 Å². The highest BCUT2D eigenvalue weighted by molar-refractivity contribution is 6.01. The van der Waals surface area contributed by atoms with Crippen molar-refractivity contribution in [1.29, 1.82) is 0 Å². The molecule has 10 heteroatoms. The highest BCUT2D eigenvalue weighted by Crippen LogP contribution is 2.23. The van der Waals surface area contributed by atoms with Gasteiger partial charge in [-0.15, -0.1) is 0 Å². The van der Waals surface area contributed by atoms with Crippen LogP contribution in [0.15, 0.2) is 30.3 Å². The summed E-state index contributed by atoms with van der Waals surface area (Å²) in [6, 6.07) is 6.33. The molecule has 10 nitrogen and oxygen atoms in total. The minimum atomic E-state index is -1.07. The maximum absolute atomic E-state index is 13.4. The van der Waals surface area contributed by atoms with Gasteiger partial charge in [-0.25, -0.2) is 9.69 Å². The minimum Gasteiger partial charge on any atom is -0.444 e. The Morgan fingerprint density at radius 2 is 1.80 bits per heavy atom. The first-order valence-corrected chi connectivity index (χ1v) is 12.1. The second-order valence-corrected chi connectivity index (χ2v) is 9.49. The van der Waals surface area contributed by atoms with Crippen LogP contribution in [0.5, 0.6) is 0 Å². The fraction of sp³-hybridized carbons (Fsp3) is 0.560. The van der Waals surface area contributed by atoms with Crippen molar-refractivity contribution < 1.29 is 28.7 Å². The number of piperidine rings is 1. The van der Waals surface area contributed by atoms with E-state index >= 15 is 0 Å². The van der Waals surface area contributed by atoms with Gasteiger partial charge in [0, 0.05) is 13.0 Å². The van der Waals surface area contributed by atoms with Crippen molar-refractivity contribution >= 4 is 29.7 Å². The summed E-state index contributed by atoms with van der Waals surface area (Å²) in [5, 5.41) is 2.74. The Labute approximate surface area is 205 Å². The molecule has 0 spiro atoms. The monoisotopic (exact) mass is 486 g/mol. The molecular weight excluding hydrogens is 452 g/mol. The van der Waals surface area contributed by atoms with Crippen molar-refractivity contribution in [2.45, 2.75) is 77.1 Å². The molecule has 0 aromatic heterocycles. The molecule has 0 radical (unpaired) electrons. The highest BCUT2D eigenvalue weighted by atomic mass is 16.6. The summed E-state index contributed by atoms with van der Waals surface area (Å²) in [4.78, 5) is 65.9. The van der Waals surface area contributed by atoms with Crippen LogP contribution in [-0.4, -0.2) is 64.2 Å². The van der Waals surface area contributed by atoms with Gasteiger partial charge in [-0.05, 0) is 43.6 Å². The largest absolute Gasteiger partial charge is 0.444 e. The molecule has 2 aliphatic heterocycles. The van der Waals surface area contributed by atoms with Crippen LogP contribution in [0.2, 0.25) is 0 Å². The summed E-state index contributed by atoms with van der Waals surface area (Å²) >= 11 is 0. The number of nitrogens with zero attached hydrogens (tertiary/aromatic N) is 2. The number of primary amides is 1. The minimum absolute atomic E-state index is 0.0250. The zero-order chi connectivity index (χ0) is 25.5. The van der Waals surface area contributed by atoms with Crippen LogP contribution in [0, 0.1) is 5.92 Å². The number of amides is 5. The van der Waals surface area contributed by atoms with Gasteiger partial charge in [-0.1, -0.05) is 44.2 Å². The van der Waals surface area contributed by atoms with Gasteiger partial charge in [0.05, 0.1) is 0 Å². The first-order valence-electron chi connectivity index (χ1n) is 12.1. The van der Waals surface area contributed by atoms with Gasteiger partial charge in [0.25, 0.3) is 0 Å². The molecule has 2 heterocycles. The SMILES string of the molecule is CC(C)C[C@H](NC(=O)[C@@H]1CCC(=O)N1C(=O)OCc1ccccc1)C(=O)N1CCCC[C@H]1C(N)=O. The third-order valence-corrected chi connectivity index (χ3v) is 6.35. The number of likely N-dealkylation sites (tertiary alicyclic amines) is 2. The molecule has 2 fully saturated rings. The van der Waals surface area contributed by atoms with Gasteiger partial charge in [-0.3, -0.25) is 19.2 Å². The summed E-state index contributed by atoms with van der Waals surface area (Å²) < 4.78 is 5.28. The summed E-state index contributed by atoms with van der Waals surface area (Å²) in [6.45, 7) is 4.19. The fourth-order valence-electron chi connectivity index (χ4n) is 4.60. The average Bonchev–Trinajstić information content (AvgIpc) is 3.23. The Kier molecular flexibility index (Phi) is 8.84. The summed E-state index contributed by atoms with van der Waals surface area (Å²) in [7, 11) is 0. The molecule has 1 aromatic rings. The number of benzene rings is 1. The van der Waals surface area contributed by atoms with E-state index in [2.05, 4.69) is 5.32 Å². The standard InChI is InChI=1S/C25H34N4O6/c1-16(2)14-18(24(33)28-13-7-6-10-19(28)22(26)31)27-23(32)20-11-12-21(30)29(20)25(34)35-15-17-8-4-3-5-9-17/h3-5,8-9,16,18-20H,6-7,10-15H2,1-2H3,(H2,26,31)(H,27,32)/t18-,19-,20-/m0/s1. The first kappa shape index (κ1) is 26.2. The third-order valence-electron chi connectivity index (χ3n) is 6.35. The maximum atomic E-state index is 13.4. The van der Waals surface area contributed by atoms with Crippen LogP contribution >= 0.6 is 0 Å². The van der Waals surface area contributed by atoms with E-state index in [-0.39, 0.29) is 31.3 Å². The number of rotatable bonds is 8. The number of carbonyl (C=O) groups excluding carboxylic acids is 5. The van der Waals surface area contributed by atoms with Crippen LogP contribution in [0.1, 0.15) is 57.9 Å². The molecule has 0 bridgehead atoms. The van der Waals surface area contributed by atoms with Crippen LogP contribution < -0.4 is 11.1 Å². The molecule has 0 aliphatic carbocycles. The van der Waals surface area contributed by atoms with Crippen molar-refractivity contribution in [3.05, 3.63) is 35.9 Å². The molecule has 2 aliphatic rings. The number of ether oxygens (including phenoxy) is 1. The zero-order valence-corrected chi connectivity index (χ0v) is 20.3. The van der Waals surface area contributed by atoms with E-state index in [9.17, 15) is 24.0 Å². The molecule has 3 rings (SSSR count). The number of nitrogens with one attached hydrogen (secondary N) is 1. The van der Waals surface area contributed by atoms with E-state index in [0.29, 0.717) is 19.4 Å². The fourth-order valence-corrected chi connectivity index (χ4v) is 4.60. The van der Waals surface area contributed by atoms with E-state index in [1.54, 1.807) is 24.3 Å². The van der Waals surface area contributed by atoms with Crippen molar-refractivity contribution in [2.75, 3.05) is 6.54 Å². The van der Waals surface area contributed by atoms with Gasteiger partial charge >= 0.3 is 6.09 Å². The lowest BCUT2D eigenvalue weighted by Crippen LogP contribution is -2.59. The topological polar surface area (TPSA) is 139 Å². The molecule has 0 saturated carbocycles. The van der Waals surface area contributed by atoms with Crippen LogP contribution in [0.3, 0.4) is 0 Å². The van der Waals surface area contributed by atoms with Gasteiger partial charge in [0.1, 0.15) is 24.7 Å². The Morgan fingerprint density at radius 1 is 1.09 bits per heavy atom. The molecule has 1 aromatic carbocycles. The van der Waals surface area contributed by atoms with Gasteiger partial charge in [-0.2, -0.15) is 0 Å². The third kappa shape index (κ3) is 6.58. The van der Waals surface area contributed by atoms with Crippen LogP contribution in [0.4, 0.5) is 4.79 Å². The van der Waals surface area contributed by atoms with Crippen molar-refractivity contribution in [3.8, 4) is 0 Å². The highest BCUT2D eigenvalue weighted by Gasteiger charge is 2.43. The normalized spacial score (nSPS) is 21.1. The number of hydrogen-bond donors (Lipinski definition) is 2. The molecule has 35 heavy (non-hydrogen) atoms. The smallest absolute Gasteiger partial charge is 0.417 e. The van der Waals surface area contributed by atoms with Crippen LogP contribution in [0.25, 0.3) is 0 Å². The lowest BCUT2D eigenvalue weighted by molar-refractivity contribution is -0.145. The maximum Gasteiger partial charge on any atom is 0.417 e. The second kappa shape index (κ2) is 11.8. The molecular formula is C25H34N4O6. The van der Waals surface area contributed by atoms with E-state index in [1.165, 1.54) is 4.90 Å². The van der Waals surface area contributed by atoms with Gasteiger partial charge in [0.15, 0.2) is 0 Å². The molecule has 190 valence electrons. The zero-order valence-electron chi connectivity index (χ0n) is 20.3. The predicted octanol–water partition coefficient (Wildman–Crippen LogP) is 1.71. The Balaban J connectivity index is 1.70. The van der Waals surface area contributed by atoms with Gasteiger partial charge in [0.2, 0.25) is 23.6 Å². The number of imide groups is 1. The molecule has 2 saturated heterocycles. The average molecular weight is 487 g/mol. The Bertz CT molecular complexity index is 951. The van der Waals surface area contributed by atoms with E-state index in [1.807, 2.05) is 19.9 Å². The molecule has 0 unspecified atom stereocenters. The number of hydrogen-bond acceptors (Lipinski definition) is 6. The first-order chi connectivity index (χ1) is 16.7. The lowest BCUT2D eigenvalue weighted by atomic mass is 9.97. The van der Waals surface area contributed by atoms with Crippen molar-refractivity contribution in [2.24, 2.45) is 11.7 Å². The van der Waals surface area contributed by atoms with E-state index in [0.717, 1.165) is 23.3 Å². The predicted molar refractivity (Wildman–Crippen MR) is 126 cm³/mol. The number of nitrogens with two attached hydrogens (primary N) is 1. The molecule has 3 N–H and O–H groups in total. The Hall–Kier alpha value is -3.43. The van der Waals surface area contributed by atoms with Gasteiger partial charge < -0.3 is 20.7 Å². The lowest BCUT2D eigenvalue weighted by Gasteiger charge is -2.37. The van der Waals surface area contributed by atoms with Crippen molar-refractivity contribution in [3.63, 3.8) is 0 Å². The summed E-state index contributed by atoms with van der Waals surface area (Å²) in [5.74, 6) is -1.98. The van der Waals surface area contributed by atoms with E-state index in [4.69, 9.17) is 10.5 Å². The second-order valence-electron chi connectivity index (χ2n) is 9.49. The molecule has 3 atom stereocenters. The number of carbonyl (C=O) groups is 5. The Morgan fingerprint density at radius 3 is 2.46 bits per heavy atom. The summed E-state index contributed by atoms with van der Waals surface area (Å²) in [5.41, 5.74) is 6.27. The quantitative estimate of drug-likeness (QED) is 0.573.